The van der Waals surface area contributed by atoms with Crippen molar-refractivity contribution in [1.82, 2.24) is 15.5 Å². The molecular weight excluding hydrogens is 354 g/mol. The van der Waals surface area contributed by atoms with Crippen LogP contribution < -0.4 is 10.6 Å². The molecule has 0 atom stereocenters. The Kier molecular flexibility index (Phi) is 5.26. The highest BCUT2D eigenvalue weighted by molar-refractivity contribution is 7.21. The lowest BCUT2D eigenvalue weighted by Crippen LogP contribution is -2.26. The molecule has 0 saturated carbocycles. The Morgan fingerprint density at radius 2 is 2.19 bits per heavy atom. The Morgan fingerprint density at radius 1 is 1.35 bits per heavy atom. The predicted octanol–water partition coefficient (Wildman–Crippen LogP) is 2.12. The molecule has 0 radical (unpaired) electrons. The highest BCUT2D eigenvalue weighted by Gasteiger charge is 2.17. The van der Waals surface area contributed by atoms with E-state index < -0.39 is 0 Å². The van der Waals surface area contributed by atoms with Gasteiger partial charge in [0.25, 0.3) is 11.8 Å². The molecule has 0 aliphatic rings. The van der Waals surface area contributed by atoms with Crippen LogP contribution in [0.1, 0.15) is 25.6 Å². The van der Waals surface area contributed by atoms with E-state index in [1.54, 1.807) is 31.4 Å². The van der Waals surface area contributed by atoms with E-state index in [1.165, 1.54) is 17.4 Å². The molecule has 2 heterocycles. The molecule has 2 amide bonds. The third-order valence-corrected chi connectivity index (χ3v) is 4.68. The van der Waals surface area contributed by atoms with E-state index in [-0.39, 0.29) is 11.8 Å². The highest BCUT2D eigenvalue weighted by Crippen LogP contribution is 2.30. The SMILES string of the molecule is COCCNC(=O)c1cc2[nH]nc(NC(=O)c3cccc(C#N)c3)c2s1. The second kappa shape index (κ2) is 7.77. The first-order chi connectivity index (χ1) is 12.6. The molecule has 2 aromatic heterocycles. The maximum Gasteiger partial charge on any atom is 0.261 e. The standard InChI is InChI=1S/C17H15N5O3S/c1-25-6-5-19-17(24)13-8-12-14(26-13)15(22-21-12)20-16(23)11-4-2-3-10(7-11)9-18/h2-4,7-8H,5-6H2,1H3,(H,19,24)(H2,20,21,22,23). The number of aromatic nitrogens is 2. The van der Waals surface area contributed by atoms with Crippen LogP contribution in [0.4, 0.5) is 5.82 Å². The molecule has 9 heteroatoms. The van der Waals surface area contributed by atoms with E-state index in [1.807, 2.05) is 6.07 Å². The molecule has 0 bridgehead atoms. The molecule has 0 aliphatic carbocycles. The van der Waals surface area contributed by atoms with Gasteiger partial charge < -0.3 is 15.4 Å². The maximum atomic E-state index is 12.4. The van der Waals surface area contributed by atoms with Crippen LogP contribution in [0.5, 0.6) is 0 Å². The predicted molar refractivity (Wildman–Crippen MR) is 97.3 cm³/mol. The molecule has 0 fully saturated rings. The number of nitrogens with zero attached hydrogens (tertiary/aromatic N) is 2. The Hall–Kier alpha value is -3.22. The number of carbonyl (C=O) groups excluding carboxylic acids is 2. The van der Waals surface area contributed by atoms with Gasteiger partial charge in [-0.2, -0.15) is 10.4 Å². The molecule has 0 unspecified atom stereocenters. The largest absolute Gasteiger partial charge is 0.383 e. The highest BCUT2D eigenvalue weighted by atomic mass is 32.1. The van der Waals surface area contributed by atoms with Crippen LogP contribution in [-0.2, 0) is 4.74 Å². The Balaban J connectivity index is 1.77. The second-order valence-corrected chi connectivity index (χ2v) is 6.37. The number of thiophene rings is 1. The van der Waals surface area contributed by atoms with Crippen LogP contribution in [0.25, 0.3) is 10.2 Å². The number of carbonyl (C=O) groups is 2. The second-order valence-electron chi connectivity index (χ2n) is 5.32. The fraction of sp³-hybridized carbons (Fsp3) is 0.176. The minimum atomic E-state index is -0.380. The lowest BCUT2D eigenvalue weighted by molar-refractivity contribution is 0.0940. The summed E-state index contributed by atoms with van der Waals surface area (Å²) in [6.45, 7) is 0.845. The van der Waals surface area contributed by atoms with Gasteiger partial charge in [-0.25, -0.2) is 0 Å². The molecule has 1 aromatic carbocycles. The third-order valence-electron chi connectivity index (χ3n) is 3.54. The molecule has 132 valence electrons. The van der Waals surface area contributed by atoms with Crippen LogP contribution in [0.2, 0.25) is 0 Å². The zero-order chi connectivity index (χ0) is 18.5. The minimum Gasteiger partial charge on any atom is -0.383 e. The van der Waals surface area contributed by atoms with Gasteiger partial charge in [0, 0.05) is 19.2 Å². The van der Waals surface area contributed by atoms with Gasteiger partial charge in [-0.1, -0.05) is 6.07 Å². The number of anilines is 1. The van der Waals surface area contributed by atoms with Gasteiger partial charge in [0.2, 0.25) is 0 Å². The van der Waals surface area contributed by atoms with Crippen LogP contribution in [0, 0.1) is 11.3 Å². The summed E-state index contributed by atoms with van der Waals surface area (Å²) in [7, 11) is 1.56. The summed E-state index contributed by atoms with van der Waals surface area (Å²) in [5.41, 5.74) is 1.42. The smallest absolute Gasteiger partial charge is 0.261 e. The summed E-state index contributed by atoms with van der Waals surface area (Å²) in [4.78, 5) is 25.0. The van der Waals surface area contributed by atoms with Crippen molar-refractivity contribution in [2.24, 2.45) is 0 Å². The summed E-state index contributed by atoms with van der Waals surface area (Å²) in [6, 6.07) is 10.1. The monoisotopic (exact) mass is 369 g/mol. The molecule has 0 aliphatic heterocycles. The van der Waals surface area contributed by atoms with Gasteiger partial charge in [-0.15, -0.1) is 11.3 Å². The lowest BCUT2D eigenvalue weighted by atomic mass is 10.1. The lowest BCUT2D eigenvalue weighted by Gasteiger charge is -2.03. The summed E-state index contributed by atoms with van der Waals surface area (Å²) < 4.78 is 5.57. The van der Waals surface area contributed by atoms with Gasteiger partial charge in [-0.3, -0.25) is 14.7 Å². The number of nitriles is 1. The van der Waals surface area contributed by atoms with E-state index in [2.05, 4.69) is 20.8 Å². The number of ether oxygens (including phenoxy) is 1. The number of aromatic amines is 1. The number of amides is 2. The third kappa shape index (κ3) is 3.72. The molecule has 3 aromatic rings. The van der Waals surface area contributed by atoms with Crippen molar-refractivity contribution < 1.29 is 14.3 Å². The van der Waals surface area contributed by atoms with Crippen molar-refractivity contribution in [2.75, 3.05) is 25.6 Å². The number of benzene rings is 1. The van der Waals surface area contributed by atoms with Crippen molar-refractivity contribution in [3.63, 3.8) is 0 Å². The molecular formula is C17H15N5O3S. The van der Waals surface area contributed by atoms with Gasteiger partial charge in [0.05, 0.1) is 33.3 Å². The van der Waals surface area contributed by atoms with E-state index in [0.29, 0.717) is 45.2 Å². The number of hydrogen-bond acceptors (Lipinski definition) is 6. The topological polar surface area (TPSA) is 120 Å². The quantitative estimate of drug-likeness (QED) is 0.575. The number of nitrogens with one attached hydrogen (secondary N) is 3. The van der Waals surface area contributed by atoms with Crippen molar-refractivity contribution in [2.45, 2.75) is 0 Å². The van der Waals surface area contributed by atoms with Gasteiger partial charge in [0.15, 0.2) is 5.82 Å². The van der Waals surface area contributed by atoms with Crippen LogP contribution in [-0.4, -0.2) is 42.3 Å². The van der Waals surface area contributed by atoms with E-state index in [4.69, 9.17) is 10.00 Å². The summed E-state index contributed by atoms with van der Waals surface area (Å²) in [5.74, 6) is -0.251. The first kappa shape index (κ1) is 17.6. The summed E-state index contributed by atoms with van der Waals surface area (Å²) >= 11 is 1.23. The number of fused-ring (bicyclic) bond motifs is 1. The summed E-state index contributed by atoms with van der Waals surface area (Å²) in [5, 5.41) is 21.3. The van der Waals surface area contributed by atoms with Crippen molar-refractivity contribution in [3.05, 3.63) is 46.3 Å². The fourth-order valence-corrected chi connectivity index (χ4v) is 3.25. The Morgan fingerprint density at radius 3 is 2.96 bits per heavy atom. The zero-order valence-electron chi connectivity index (χ0n) is 13.8. The maximum absolute atomic E-state index is 12.4. The van der Waals surface area contributed by atoms with Crippen molar-refractivity contribution in [1.29, 1.82) is 5.26 Å². The van der Waals surface area contributed by atoms with E-state index in [0.717, 1.165) is 0 Å². The molecule has 0 spiro atoms. The minimum absolute atomic E-state index is 0.212. The first-order valence-corrected chi connectivity index (χ1v) is 8.50. The average molecular weight is 369 g/mol. The van der Waals surface area contributed by atoms with Gasteiger partial charge >= 0.3 is 0 Å². The number of hydrogen-bond donors (Lipinski definition) is 3. The van der Waals surface area contributed by atoms with Crippen LogP contribution in [0.3, 0.4) is 0 Å². The normalized spacial score (nSPS) is 10.5. The van der Waals surface area contributed by atoms with Gasteiger partial charge in [-0.05, 0) is 24.3 Å². The molecule has 3 N–H and O–H groups in total. The van der Waals surface area contributed by atoms with E-state index >= 15 is 0 Å². The Bertz CT molecular complexity index is 1000. The van der Waals surface area contributed by atoms with Crippen LogP contribution in [0.15, 0.2) is 30.3 Å². The fourth-order valence-electron chi connectivity index (χ4n) is 2.28. The molecule has 0 saturated heterocycles. The number of methoxy groups -OCH3 is 1. The zero-order valence-corrected chi connectivity index (χ0v) is 14.6. The van der Waals surface area contributed by atoms with Crippen LogP contribution >= 0.6 is 11.3 Å². The Labute approximate surface area is 152 Å². The van der Waals surface area contributed by atoms with E-state index in [9.17, 15) is 9.59 Å². The summed E-state index contributed by atoms with van der Waals surface area (Å²) in [6.07, 6.45) is 0. The molecule has 8 nitrogen and oxygen atoms in total. The average Bonchev–Trinajstić information content (AvgIpc) is 3.24. The van der Waals surface area contributed by atoms with Crippen molar-refractivity contribution in [3.8, 4) is 6.07 Å². The number of rotatable bonds is 6. The van der Waals surface area contributed by atoms with Crippen molar-refractivity contribution >= 4 is 39.2 Å². The number of H-pyrrole nitrogens is 1. The first-order valence-electron chi connectivity index (χ1n) is 7.69. The molecule has 26 heavy (non-hydrogen) atoms. The van der Waals surface area contributed by atoms with Gasteiger partial charge in [0.1, 0.15) is 0 Å². The molecule has 3 rings (SSSR count).